The summed E-state index contributed by atoms with van der Waals surface area (Å²) in [6.07, 6.45) is -0.543. The van der Waals surface area contributed by atoms with Crippen LogP contribution >= 0.6 is 0 Å². The summed E-state index contributed by atoms with van der Waals surface area (Å²) in [5, 5.41) is 10.2. The van der Waals surface area contributed by atoms with Crippen molar-refractivity contribution in [2.75, 3.05) is 13.2 Å². The van der Waals surface area contributed by atoms with Crippen molar-refractivity contribution >= 4 is 18.2 Å². The van der Waals surface area contributed by atoms with Crippen LogP contribution in [0, 0.1) is 0 Å². The molecule has 1 N–H and O–H groups in total. The van der Waals surface area contributed by atoms with Crippen molar-refractivity contribution < 1.29 is 33.7 Å². The summed E-state index contributed by atoms with van der Waals surface area (Å²) in [6, 6.07) is 0. The quantitative estimate of drug-likeness (QED) is 0.515. The molecule has 0 saturated carbocycles. The van der Waals surface area contributed by atoms with E-state index in [0.717, 1.165) is 6.26 Å². The first-order valence-electron chi connectivity index (χ1n) is 5.39. The third kappa shape index (κ3) is 2.21. The summed E-state index contributed by atoms with van der Waals surface area (Å²) >= 11 is 0. The van der Waals surface area contributed by atoms with Gasteiger partial charge in [-0.1, -0.05) is 0 Å². The number of carbonyl (C=O) groups excluding carboxylic acids is 3. The average molecular weight is 258 g/mol. The number of aldehydes is 1. The standard InChI is InChI=1S/C11H14O7/c1-3-16-9(13)8-11(15,10(14)17-4-2)7(5-12)6-18-8/h5-6,8,15H,3-4H2,1-2H3/t8-,11+/m1/s1. The molecule has 0 radical (unpaired) electrons. The van der Waals surface area contributed by atoms with Gasteiger partial charge in [-0.2, -0.15) is 0 Å². The molecule has 1 aliphatic rings. The van der Waals surface area contributed by atoms with Crippen LogP contribution in [0.15, 0.2) is 11.8 Å². The normalized spacial score (nSPS) is 25.9. The molecule has 0 fully saturated rings. The van der Waals surface area contributed by atoms with Crippen LogP contribution in [0.2, 0.25) is 0 Å². The number of esters is 2. The van der Waals surface area contributed by atoms with E-state index < -0.39 is 23.6 Å². The lowest BCUT2D eigenvalue weighted by Crippen LogP contribution is -2.54. The Labute approximate surface area is 103 Å². The maximum absolute atomic E-state index is 11.7. The first-order chi connectivity index (χ1) is 8.52. The van der Waals surface area contributed by atoms with Crippen molar-refractivity contribution in [2.45, 2.75) is 25.6 Å². The van der Waals surface area contributed by atoms with Crippen molar-refractivity contribution in [1.82, 2.24) is 0 Å². The van der Waals surface area contributed by atoms with Crippen LogP contribution in [0.5, 0.6) is 0 Å². The molecule has 1 heterocycles. The molecule has 0 aromatic heterocycles. The van der Waals surface area contributed by atoms with E-state index in [2.05, 4.69) is 9.47 Å². The van der Waals surface area contributed by atoms with Gasteiger partial charge in [-0.25, -0.2) is 9.59 Å². The fourth-order valence-corrected chi connectivity index (χ4v) is 1.51. The Morgan fingerprint density at radius 2 is 2.06 bits per heavy atom. The molecule has 0 aromatic rings. The molecule has 7 nitrogen and oxygen atoms in total. The Hall–Kier alpha value is -1.89. The zero-order chi connectivity index (χ0) is 13.8. The van der Waals surface area contributed by atoms with Gasteiger partial charge in [-0.15, -0.1) is 0 Å². The first kappa shape index (κ1) is 14.2. The van der Waals surface area contributed by atoms with Crippen LogP contribution < -0.4 is 0 Å². The Balaban J connectivity index is 3.04. The fraction of sp³-hybridized carbons (Fsp3) is 0.545. The van der Waals surface area contributed by atoms with Gasteiger partial charge in [0.1, 0.15) is 0 Å². The summed E-state index contributed by atoms with van der Waals surface area (Å²) in [5.41, 5.74) is -2.83. The van der Waals surface area contributed by atoms with Crippen LogP contribution in [-0.2, 0) is 28.6 Å². The van der Waals surface area contributed by atoms with Gasteiger partial charge in [0, 0.05) is 0 Å². The second-order valence-electron chi connectivity index (χ2n) is 3.45. The molecule has 0 bridgehead atoms. The zero-order valence-corrected chi connectivity index (χ0v) is 10.0. The molecule has 18 heavy (non-hydrogen) atoms. The van der Waals surface area contributed by atoms with Crippen LogP contribution in [0.4, 0.5) is 0 Å². The molecule has 1 rings (SSSR count). The lowest BCUT2D eigenvalue weighted by Gasteiger charge is -2.25. The molecular formula is C11H14O7. The minimum atomic E-state index is -2.45. The second kappa shape index (κ2) is 5.63. The molecule has 0 aromatic carbocycles. The third-order valence-electron chi connectivity index (χ3n) is 2.36. The Morgan fingerprint density at radius 3 is 2.56 bits per heavy atom. The maximum Gasteiger partial charge on any atom is 0.351 e. The highest BCUT2D eigenvalue weighted by atomic mass is 16.6. The summed E-state index contributed by atoms with van der Waals surface area (Å²) in [6.45, 7) is 3.13. The SMILES string of the molecule is CCOC(=O)[C@H]1OC=C(C=O)[C@@]1(O)C(=O)OCC. The number of aliphatic hydroxyl groups is 1. The average Bonchev–Trinajstić information content (AvgIpc) is 2.68. The maximum atomic E-state index is 11.7. The van der Waals surface area contributed by atoms with E-state index in [1.807, 2.05) is 0 Å². The highest BCUT2D eigenvalue weighted by Gasteiger charge is 2.58. The van der Waals surface area contributed by atoms with Gasteiger partial charge >= 0.3 is 11.9 Å². The summed E-state index contributed by atoms with van der Waals surface area (Å²) < 4.78 is 14.1. The molecule has 1 aliphatic heterocycles. The number of carbonyl (C=O) groups is 3. The van der Waals surface area contributed by atoms with Crippen LogP contribution in [0.3, 0.4) is 0 Å². The minimum Gasteiger partial charge on any atom is -0.482 e. The van der Waals surface area contributed by atoms with Gasteiger partial charge in [0.2, 0.25) is 11.7 Å². The van der Waals surface area contributed by atoms with E-state index in [1.165, 1.54) is 6.92 Å². The Kier molecular flexibility index (Phi) is 4.43. The fourth-order valence-electron chi connectivity index (χ4n) is 1.51. The van der Waals surface area contributed by atoms with Gasteiger partial charge in [0.15, 0.2) is 6.29 Å². The van der Waals surface area contributed by atoms with Gasteiger partial charge in [0.25, 0.3) is 0 Å². The first-order valence-corrected chi connectivity index (χ1v) is 5.39. The third-order valence-corrected chi connectivity index (χ3v) is 2.36. The summed E-state index contributed by atoms with van der Waals surface area (Å²) in [5.74, 6) is -2.07. The Bertz CT molecular complexity index is 387. The highest BCUT2D eigenvalue weighted by Crippen LogP contribution is 2.31. The zero-order valence-electron chi connectivity index (χ0n) is 10.0. The lowest BCUT2D eigenvalue weighted by atomic mass is 9.91. The van der Waals surface area contributed by atoms with Crippen molar-refractivity contribution in [1.29, 1.82) is 0 Å². The molecular weight excluding hydrogens is 244 g/mol. The topological polar surface area (TPSA) is 99.1 Å². The van der Waals surface area contributed by atoms with E-state index in [4.69, 9.17) is 4.74 Å². The largest absolute Gasteiger partial charge is 0.482 e. The number of hydrogen-bond acceptors (Lipinski definition) is 7. The van der Waals surface area contributed by atoms with Gasteiger partial charge < -0.3 is 19.3 Å². The van der Waals surface area contributed by atoms with Crippen molar-refractivity contribution in [2.24, 2.45) is 0 Å². The predicted octanol–water partition coefficient (Wildman–Crippen LogP) is -0.675. The molecule has 7 heteroatoms. The van der Waals surface area contributed by atoms with E-state index in [0.29, 0.717) is 0 Å². The van der Waals surface area contributed by atoms with Crippen molar-refractivity contribution in [3.63, 3.8) is 0 Å². The number of rotatable bonds is 5. The molecule has 2 atom stereocenters. The summed E-state index contributed by atoms with van der Waals surface area (Å²) in [7, 11) is 0. The monoisotopic (exact) mass is 258 g/mol. The summed E-state index contributed by atoms with van der Waals surface area (Å²) in [4.78, 5) is 34.1. The Morgan fingerprint density at radius 1 is 1.44 bits per heavy atom. The van der Waals surface area contributed by atoms with Crippen molar-refractivity contribution in [3.8, 4) is 0 Å². The van der Waals surface area contributed by atoms with E-state index >= 15 is 0 Å². The van der Waals surface area contributed by atoms with E-state index in [1.54, 1.807) is 6.92 Å². The highest BCUT2D eigenvalue weighted by molar-refractivity contribution is 5.99. The molecule has 100 valence electrons. The second-order valence-corrected chi connectivity index (χ2v) is 3.45. The van der Waals surface area contributed by atoms with Gasteiger partial charge in [-0.05, 0) is 13.8 Å². The molecule has 0 amide bonds. The lowest BCUT2D eigenvalue weighted by molar-refractivity contribution is -0.180. The number of ether oxygens (including phenoxy) is 3. The van der Waals surface area contributed by atoms with E-state index in [-0.39, 0.29) is 25.1 Å². The number of hydrogen-bond donors (Lipinski definition) is 1. The van der Waals surface area contributed by atoms with Crippen LogP contribution in [-0.4, -0.2) is 48.3 Å². The predicted molar refractivity (Wildman–Crippen MR) is 57.2 cm³/mol. The smallest absolute Gasteiger partial charge is 0.351 e. The van der Waals surface area contributed by atoms with Crippen LogP contribution in [0.25, 0.3) is 0 Å². The molecule has 0 saturated heterocycles. The molecule has 0 aliphatic carbocycles. The van der Waals surface area contributed by atoms with Crippen LogP contribution in [0.1, 0.15) is 13.8 Å². The minimum absolute atomic E-state index is 0.0111. The molecule has 0 unspecified atom stereocenters. The van der Waals surface area contributed by atoms with Crippen molar-refractivity contribution in [3.05, 3.63) is 11.8 Å². The molecule has 0 spiro atoms. The van der Waals surface area contributed by atoms with Gasteiger partial charge in [0.05, 0.1) is 25.0 Å². The van der Waals surface area contributed by atoms with E-state index in [9.17, 15) is 19.5 Å². The van der Waals surface area contributed by atoms with Gasteiger partial charge in [-0.3, -0.25) is 4.79 Å².